The number of likely N-dealkylation sites (tertiary alicyclic amines) is 2. The normalized spacial score (nSPS) is 34.1. The Morgan fingerprint density at radius 1 is 1.25 bits per heavy atom. The molecular weight excluding hydrogens is 272 g/mol. The SMILES string of the molecule is CCN1CC2([N+](=O)[O-])CN(CO)C(=O)C([N+](=O)[O-])(C1)C2. The van der Waals surface area contributed by atoms with Crippen molar-refractivity contribution >= 4 is 5.91 Å². The molecule has 1 amide bonds. The number of rotatable bonds is 4. The predicted molar refractivity (Wildman–Crippen MR) is 65.0 cm³/mol. The minimum atomic E-state index is -2.04. The van der Waals surface area contributed by atoms with E-state index in [1.54, 1.807) is 11.8 Å². The van der Waals surface area contributed by atoms with Crippen molar-refractivity contribution in [3.63, 3.8) is 0 Å². The zero-order valence-electron chi connectivity index (χ0n) is 11.0. The quantitative estimate of drug-likeness (QED) is 0.494. The van der Waals surface area contributed by atoms with Crippen LogP contribution in [-0.4, -0.2) is 74.6 Å². The van der Waals surface area contributed by atoms with E-state index in [0.29, 0.717) is 6.54 Å². The summed E-state index contributed by atoms with van der Waals surface area (Å²) >= 11 is 0. The van der Waals surface area contributed by atoms with Gasteiger partial charge in [-0.15, -0.1) is 0 Å². The second-order valence-corrected chi connectivity index (χ2v) is 5.39. The number of aliphatic hydroxyl groups is 1. The van der Waals surface area contributed by atoms with Crippen molar-refractivity contribution in [2.24, 2.45) is 0 Å². The van der Waals surface area contributed by atoms with Gasteiger partial charge in [0.25, 0.3) is 5.54 Å². The number of nitro groups is 2. The predicted octanol–water partition coefficient (Wildman–Crippen LogP) is -1.46. The maximum Gasteiger partial charge on any atom is 0.318 e. The topological polar surface area (TPSA) is 130 Å². The molecule has 2 fully saturated rings. The van der Waals surface area contributed by atoms with Gasteiger partial charge in [0, 0.05) is 9.85 Å². The minimum absolute atomic E-state index is 0.0376. The number of nitrogens with zero attached hydrogens (tertiary/aromatic N) is 4. The van der Waals surface area contributed by atoms with Crippen molar-refractivity contribution in [1.82, 2.24) is 9.80 Å². The fraction of sp³-hybridized carbons (Fsp3) is 0.900. The summed E-state index contributed by atoms with van der Waals surface area (Å²) in [5, 5.41) is 32.0. The number of amides is 1. The lowest BCUT2D eigenvalue weighted by molar-refractivity contribution is -0.622. The van der Waals surface area contributed by atoms with Crippen molar-refractivity contribution in [2.45, 2.75) is 24.4 Å². The Balaban J connectivity index is 2.53. The van der Waals surface area contributed by atoms with Gasteiger partial charge in [0.05, 0.1) is 19.6 Å². The van der Waals surface area contributed by atoms with E-state index in [2.05, 4.69) is 0 Å². The maximum atomic E-state index is 12.2. The molecule has 2 bridgehead atoms. The summed E-state index contributed by atoms with van der Waals surface area (Å²) in [5.74, 6) is -0.847. The molecular formula is C10H16N4O6. The molecule has 2 aliphatic rings. The van der Waals surface area contributed by atoms with Crippen LogP contribution in [0.1, 0.15) is 13.3 Å². The van der Waals surface area contributed by atoms with Gasteiger partial charge >= 0.3 is 11.4 Å². The molecule has 112 valence electrons. The van der Waals surface area contributed by atoms with Crippen molar-refractivity contribution in [2.75, 3.05) is 32.9 Å². The fourth-order valence-corrected chi connectivity index (χ4v) is 3.19. The van der Waals surface area contributed by atoms with Gasteiger partial charge in [-0.1, -0.05) is 6.92 Å². The number of piperidine rings is 2. The Morgan fingerprint density at radius 2 is 1.90 bits per heavy atom. The molecule has 2 rings (SSSR count). The highest BCUT2D eigenvalue weighted by Gasteiger charge is 2.70. The van der Waals surface area contributed by atoms with Gasteiger partial charge in [-0.25, -0.2) is 0 Å². The molecule has 0 aromatic rings. The minimum Gasteiger partial charge on any atom is -0.376 e. The van der Waals surface area contributed by atoms with Gasteiger partial charge in [0.15, 0.2) is 0 Å². The number of hydrogen-bond donors (Lipinski definition) is 1. The molecule has 2 aliphatic heterocycles. The largest absolute Gasteiger partial charge is 0.376 e. The number of likely N-dealkylation sites (N-methyl/N-ethyl adjacent to an activating group) is 1. The molecule has 0 saturated carbocycles. The first kappa shape index (κ1) is 14.6. The zero-order valence-corrected chi connectivity index (χ0v) is 11.0. The zero-order chi connectivity index (χ0) is 15.1. The van der Waals surface area contributed by atoms with Gasteiger partial charge in [-0.05, 0) is 6.54 Å². The van der Waals surface area contributed by atoms with Crippen LogP contribution in [0.5, 0.6) is 0 Å². The third-order valence-electron chi connectivity index (χ3n) is 4.15. The molecule has 10 heteroatoms. The van der Waals surface area contributed by atoms with Crippen LogP contribution in [-0.2, 0) is 4.79 Å². The molecule has 2 atom stereocenters. The van der Waals surface area contributed by atoms with Crippen LogP contribution in [0.2, 0.25) is 0 Å². The van der Waals surface area contributed by atoms with Gasteiger partial charge in [-0.3, -0.25) is 29.9 Å². The Bertz CT molecular complexity index is 471. The molecule has 20 heavy (non-hydrogen) atoms. The summed E-state index contributed by atoms with van der Waals surface area (Å²) in [6.45, 7) is 0.934. The third kappa shape index (κ3) is 1.83. The van der Waals surface area contributed by atoms with E-state index in [1.807, 2.05) is 0 Å². The van der Waals surface area contributed by atoms with E-state index in [-0.39, 0.29) is 19.6 Å². The third-order valence-corrected chi connectivity index (χ3v) is 4.15. The lowest BCUT2D eigenvalue weighted by Crippen LogP contribution is -2.77. The number of carbonyl (C=O) groups excluding carboxylic acids is 1. The molecule has 0 aromatic heterocycles. The van der Waals surface area contributed by atoms with Crippen LogP contribution in [0.3, 0.4) is 0 Å². The lowest BCUT2D eigenvalue weighted by Gasteiger charge is -2.48. The van der Waals surface area contributed by atoms with Crippen LogP contribution >= 0.6 is 0 Å². The van der Waals surface area contributed by atoms with Gasteiger partial charge in [0.2, 0.25) is 0 Å². The van der Waals surface area contributed by atoms with E-state index < -0.39 is 40.0 Å². The molecule has 10 nitrogen and oxygen atoms in total. The van der Waals surface area contributed by atoms with E-state index in [1.165, 1.54) is 0 Å². The van der Waals surface area contributed by atoms with E-state index in [9.17, 15) is 30.1 Å². The van der Waals surface area contributed by atoms with Crippen molar-refractivity contribution < 1.29 is 19.7 Å². The number of hydrogen-bond acceptors (Lipinski definition) is 7. The first-order valence-corrected chi connectivity index (χ1v) is 6.23. The lowest BCUT2D eigenvalue weighted by atomic mass is 9.73. The Morgan fingerprint density at radius 3 is 2.35 bits per heavy atom. The molecule has 2 saturated heterocycles. The average Bonchev–Trinajstić information content (AvgIpc) is 2.42. The maximum absolute atomic E-state index is 12.2. The summed E-state index contributed by atoms with van der Waals surface area (Å²) in [5.41, 5.74) is -3.64. The van der Waals surface area contributed by atoms with Gasteiger partial charge in [-0.2, -0.15) is 0 Å². The molecule has 1 N–H and O–H groups in total. The molecule has 2 unspecified atom stereocenters. The molecule has 0 spiro atoms. The summed E-state index contributed by atoms with van der Waals surface area (Å²) in [7, 11) is 0. The number of fused-ring (bicyclic) bond motifs is 2. The number of carbonyl (C=O) groups is 1. The van der Waals surface area contributed by atoms with Gasteiger partial charge in [0.1, 0.15) is 13.2 Å². The van der Waals surface area contributed by atoms with Crippen molar-refractivity contribution in [1.29, 1.82) is 0 Å². The monoisotopic (exact) mass is 288 g/mol. The Kier molecular flexibility index (Phi) is 3.38. The highest BCUT2D eigenvalue weighted by molar-refractivity contribution is 5.86. The van der Waals surface area contributed by atoms with E-state index in [0.717, 1.165) is 4.90 Å². The summed E-state index contributed by atoms with van der Waals surface area (Å²) in [6, 6.07) is 0. The van der Waals surface area contributed by atoms with Crippen LogP contribution in [0.15, 0.2) is 0 Å². The summed E-state index contributed by atoms with van der Waals surface area (Å²) in [6.07, 6.45) is -0.425. The molecule has 2 heterocycles. The fourth-order valence-electron chi connectivity index (χ4n) is 3.19. The first-order chi connectivity index (χ1) is 9.31. The van der Waals surface area contributed by atoms with Crippen molar-refractivity contribution in [3.05, 3.63) is 20.2 Å². The van der Waals surface area contributed by atoms with Crippen LogP contribution in [0.25, 0.3) is 0 Å². The van der Waals surface area contributed by atoms with Gasteiger partial charge < -0.3 is 10.0 Å². The summed E-state index contributed by atoms with van der Waals surface area (Å²) < 4.78 is 0. The Labute approximate surface area is 114 Å². The Hall–Kier alpha value is -1.81. The molecule has 0 radical (unpaired) electrons. The number of aliphatic hydroxyl groups excluding tert-OH is 1. The summed E-state index contributed by atoms with van der Waals surface area (Å²) in [4.78, 5) is 36.1. The average molecular weight is 288 g/mol. The van der Waals surface area contributed by atoms with Crippen LogP contribution < -0.4 is 0 Å². The second kappa shape index (κ2) is 4.63. The smallest absolute Gasteiger partial charge is 0.318 e. The molecule has 0 aromatic carbocycles. The first-order valence-electron chi connectivity index (χ1n) is 6.23. The standard InChI is InChI=1S/C10H16N4O6/c1-2-11-4-9(13(17)18)3-10(6-11,14(19)20)8(16)12(5-9)7-15/h15H,2-7H2,1H3. The van der Waals surface area contributed by atoms with Crippen LogP contribution in [0, 0.1) is 20.2 Å². The molecule has 0 aliphatic carbocycles. The highest BCUT2D eigenvalue weighted by Crippen LogP contribution is 2.39. The highest BCUT2D eigenvalue weighted by atomic mass is 16.6. The van der Waals surface area contributed by atoms with E-state index in [4.69, 9.17) is 0 Å². The van der Waals surface area contributed by atoms with Crippen molar-refractivity contribution in [3.8, 4) is 0 Å². The van der Waals surface area contributed by atoms with Crippen LogP contribution in [0.4, 0.5) is 0 Å². The van der Waals surface area contributed by atoms with E-state index >= 15 is 0 Å². The second-order valence-electron chi connectivity index (χ2n) is 5.39.